The van der Waals surface area contributed by atoms with Crippen LogP contribution in [0.4, 0.5) is 5.69 Å². The topological polar surface area (TPSA) is 37.4 Å². The van der Waals surface area contributed by atoms with Crippen LogP contribution in [0.15, 0.2) is 6.07 Å². The van der Waals surface area contributed by atoms with Gasteiger partial charge in [-0.3, -0.25) is 9.59 Å². The third kappa shape index (κ3) is 3.37. The van der Waals surface area contributed by atoms with E-state index in [0.29, 0.717) is 18.8 Å². The molecule has 1 aromatic rings. The molecule has 2 rings (SSSR count). The van der Waals surface area contributed by atoms with Gasteiger partial charge in [0, 0.05) is 23.7 Å². The van der Waals surface area contributed by atoms with E-state index in [-0.39, 0.29) is 11.7 Å². The molecule has 0 radical (unpaired) electrons. The fourth-order valence-corrected chi connectivity index (χ4v) is 3.57. The number of hydrogen-bond donors (Lipinski definition) is 0. The van der Waals surface area contributed by atoms with Gasteiger partial charge in [0.2, 0.25) is 5.91 Å². The van der Waals surface area contributed by atoms with Gasteiger partial charge in [0.05, 0.1) is 10.6 Å². The third-order valence-corrected chi connectivity index (χ3v) is 4.84. The lowest BCUT2D eigenvalue weighted by Crippen LogP contribution is -2.30. The largest absolute Gasteiger partial charge is 0.311 e. The lowest BCUT2D eigenvalue weighted by molar-refractivity contribution is -0.118. The zero-order valence-electron chi connectivity index (χ0n) is 11.1. The van der Waals surface area contributed by atoms with E-state index < -0.39 is 0 Å². The second-order valence-electron chi connectivity index (χ2n) is 4.77. The zero-order valence-corrected chi connectivity index (χ0v) is 12.6. The van der Waals surface area contributed by atoms with Gasteiger partial charge < -0.3 is 4.90 Å². The number of alkyl halides is 1. The maximum Gasteiger partial charge on any atom is 0.227 e. The normalized spacial score (nSPS) is 15.3. The van der Waals surface area contributed by atoms with Gasteiger partial charge in [-0.1, -0.05) is 0 Å². The number of rotatable bonds is 5. The van der Waals surface area contributed by atoms with E-state index in [1.807, 2.05) is 11.0 Å². The van der Waals surface area contributed by atoms with Crippen LogP contribution >= 0.6 is 22.9 Å². The molecule has 104 valence electrons. The molecule has 0 spiro atoms. The summed E-state index contributed by atoms with van der Waals surface area (Å²) in [5.41, 5.74) is 0.951. The van der Waals surface area contributed by atoms with Crippen LogP contribution in [0, 0.1) is 0 Å². The number of carbonyl (C=O) groups is 2. The fraction of sp³-hybridized carbons (Fsp3) is 0.571. The number of hydrogen-bond acceptors (Lipinski definition) is 3. The smallest absolute Gasteiger partial charge is 0.227 e. The number of unbranched alkanes of at least 4 members (excludes halogenated alkanes) is 1. The van der Waals surface area contributed by atoms with Crippen LogP contribution < -0.4 is 4.90 Å². The Kier molecular flexibility index (Phi) is 4.99. The Labute approximate surface area is 122 Å². The monoisotopic (exact) mass is 299 g/mol. The molecule has 1 aliphatic rings. The number of anilines is 1. The molecule has 1 aliphatic heterocycles. The molecular weight excluding hydrogens is 282 g/mol. The van der Waals surface area contributed by atoms with Gasteiger partial charge in [-0.05, 0) is 38.7 Å². The number of nitrogens with zero attached hydrogens (tertiary/aromatic N) is 1. The van der Waals surface area contributed by atoms with E-state index in [0.717, 1.165) is 36.2 Å². The standard InChI is InChI=1S/C14H18ClNO2S/c1-10(17)13-9-11-12(19-13)5-4-6-14(18)16(11)8-3-2-7-15/h9H,2-8H2,1H3. The van der Waals surface area contributed by atoms with Crippen LogP contribution in [0.25, 0.3) is 0 Å². The number of aryl methyl sites for hydroxylation is 1. The van der Waals surface area contributed by atoms with Crippen molar-refractivity contribution in [2.45, 2.75) is 39.0 Å². The average molecular weight is 300 g/mol. The van der Waals surface area contributed by atoms with Crippen molar-refractivity contribution in [3.63, 3.8) is 0 Å². The van der Waals surface area contributed by atoms with Crippen LogP contribution in [0.1, 0.15) is 47.2 Å². The SMILES string of the molecule is CC(=O)c1cc2c(s1)CCCC(=O)N2CCCCCl. The summed E-state index contributed by atoms with van der Waals surface area (Å²) in [6.07, 6.45) is 4.17. The summed E-state index contributed by atoms with van der Waals surface area (Å²) in [6.45, 7) is 2.28. The van der Waals surface area contributed by atoms with E-state index in [1.54, 1.807) is 6.92 Å². The number of ketones is 1. The number of fused-ring (bicyclic) bond motifs is 1. The Morgan fingerprint density at radius 1 is 1.42 bits per heavy atom. The molecule has 0 N–H and O–H groups in total. The molecule has 19 heavy (non-hydrogen) atoms. The number of amides is 1. The molecule has 1 amide bonds. The number of thiophene rings is 1. The van der Waals surface area contributed by atoms with Gasteiger partial charge in [-0.15, -0.1) is 22.9 Å². The molecule has 0 saturated carbocycles. The summed E-state index contributed by atoms with van der Waals surface area (Å²) in [5.74, 6) is 0.865. The van der Waals surface area contributed by atoms with E-state index >= 15 is 0 Å². The molecule has 0 bridgehead atoms. The Hall–Kier alpha value is -0.870. The van der Waals surface area contributed by atoms with Crippen molar-refractivity contribution in [2.24, 2.45) is 0 Å². The van der Waals surface area contributed by atoms with E-state index in [2.05, 4.69) is 0 Å². The molecule has 0 atom stereocenters. The summed E-state index contributed by atoms with van der Waals surface area (Å²) in [4.78, 5) is 27.4. The van der Waals surface area contributed by atoms with Crippen molar-refractivity contribution in [2.75, 3.05) is 17.3 Å². The third-order valence-electron chi connectivity index (χ3n) is 3.29. The molecule has 5 heteroatoms. The maximum atomic E-state index is 12.2. The molecule has 0 aromatic carbocycles. The van der Waals surface area contributed by atoms with Crippen LogP contribution in [0.3, 0.4) is 0 Å². The van der Waals surface area contributed by atoms with Gasteiger partial charge in [0.15, 0.2) is 5.78 Å². The highest BCUT2D eigenvalue weighted by Gasteiger charge is 2.24. The fourth-order valence-electron chi connectivity index (χ4n) is 2.28. The highest BCUT2D eigenvalue weighted by atomic mass is 35.5. The minimum absolute atomic E-state index is 0.0752. The Morgan fingerprint density at radius 3 is 2.89 bits per heavy atom. The quantitative estimate of drug-likeness (QED) is 0.473. The van der Waals surface area contributed by atoms with Crippen LogP contribution in [-0.2, 0) is 11.2 Å². The van der Waals surface area contributed by atoms with Crippen LogP contribution in [0.5, 0.6) is 0 Å². The van der Waals surface area contributed by atoms with Crippen molar-refractivity contribution < 1.29 is 9.59 Å². The van der Waals surface area contributed by atoms with Gasteiger partial charge in [0.25, 0.3) is 0 Å². The van der Waals surface area contributed by atoms with Gasteiger partial charge in [0.1, 0.15) is 0 Å². The maximum absolute atomic E-state index is 12.2. The summed E-state index contributed by atoms with van der Waals surface area (Å²) < 4.78 is 0. The molecule has 1 aromatic heterocycles. The molecule has 0 fully saturated rings. The Bertz CT molecular complexity index is 484. The zero-order chi connectivity index (χ0) is 13.8. The lowest BCUT2D eigenvalue weighted by atomic mass is 10.2. The van der Waals surface area contributed by atoms with Crippen molar-refractivity contribution in [1.29, 1.82) is 0 Å². The lowest BCUT2D eigenvalue weighted by Gasteiger charge is -2.20. The summed E-state index contributed by atoms with van der Waals surface area (Å²) in [6, 6.07) is 1.88. The first-order valence-corrected chi connectivity index (χ1v) is 7.98. The van der Waals surface area contributed by atoms with Crippen molar-refractivity contribution in [3.8, 4) is 0 Å². The average Bonchev–Trinajstić information content (AvgIpc) is 2.73. The molecule has 0 unspecified atom stereocenters. The minimum Gasteiger partial charge on any atom is -0.311 e. The Morgan fingerprint density at radius 2 is 2.21 bits per heavy atom. The van der Waals surface area contributed by atoms with Gasteiger partial charge in [-0.2, -0.15) is 0 Å². The molecule has 0 aliphatic carbocycles. The summed E-state index contributed by atoms with van der Waals surface area (Å²) >= 11 is 7.22. The van der Waals surface area contributed by atoms with Crippen LogP contribution in [0.2, 0.25) is 0 Å². The first kappa shape index (κ1) is 14.5. The summed E-state index contributed by atoms with van der Waals surface area (Å²) in [7, 11) is 0. The van der Waals surface area contributed by atoms with E-state index in [1.165, 1.54) is 16.2 Å². The summed E-state index contributed by atoms with van der Waals surface area (Å²) in [5, 5.41) is 0. The molecule has 3 nitrogen and oxygen atoms in total. The van der Waals surface area contributed by atoms with E-state index in [9.17, 15) is 9.59 Å². The Balaban J connectivity index is 2.25. The highest BCUT2D eigenvalue weighted by molar-refractivity contribution is 7.14. The predicted octanol–water partition coefficient (Wildman–Crippen LogP) is 3.64. The predicted molar refractivity (Wildman–Crippen MR) is 79.6 cm³/mol. The number of carbonyl (C=O) groups excluding carboxylic acids is 2. The van der Waals surface area contributed by atoms with Crippen molar-refractivity contribution in [3.05, 3.63) is 15.8 Å². The second-order valence-corrected chi connectivity index (χ2v) is 6.28. The first-order chi connectivity index (χ1) is 9.13. The van der Waals surface area contributed by atoms with Crippen LogP contribution in [-0.4, -0.2) is 24.1 Å². The molecule has 0 saturated heterocycles. The van der Waals surface area contributed by atoms with Gasteiger partial charge in [-0.25, -0.2) is 0 Å². The second kappa shape index (κ2) is 6.53. The number of Topliss-reactive ketones (excluding diaryl/α,β-unsaturated/α-hetero) is 1. The number of halogens is 1. The van der Waals surface area contributed by atoms with Crippen molar-refractivity contribution >= 4 is 40.3 Å². The van der Waals surface area contributed by atoms with Gasteiger partial charge >= 0.3 is 0 Å². The molecular formula is C14H18ClNO2S. The molecule has 2 heterocycles. The van der Waals surface area contributed by atoms with E-state index in [4.69, 9.17) is 11.6 Å². The minimum atomic E-state index is 0.0752. The highest BCUT2D eigenvalue weighted by Crippen LogP contribution is 2.35. The first-order valence-electron chi connectivity index (χ1n) is 6.63. The van der Waals surface area contributed by atoms with Crippen molar-refractivity contribution in [1.82, 2.24) is 0 Å².